The van der Waals surface area contributed by atoms with Crippen molar-refractivity contribution >= 4 is 98.1 Å². The van der Waals surface area contributed by atoms with Crippen LogP contribution in [0.3, 0.4) is 0 Å². The minimum absolute atomic E-state index is 0.934. The first-order valence-corrected chi connectivity index (χ1v) is 16.0. The van der Waals surface area contributed by atoms with Gasteiger partial charge in [0, 0.05) is 33.5 Å². The van der Waals surface area contributed by atoms with Crippen LogP contribution < -0.4 is 0 Å². The molecule has 0 spiro atoms. The molecule has 2 saturated heterocycles. The molecule has 0 N–H and O–H groups in total. The van der Waals surface area contributed by atoms with Gasteiger partial charge in [0.2, 0.25) is 0 Å². The molecule has 0 aromatic carbocycles. The van der Waals surface area contributed by atoms with E-state index in [0.717, 1.165) is 10.5 Å². The summed E-state index contributed by atoms with van der Waals surface area (Å²) in [6.45, 7) is 0. The van der Waals surface area contributed by atoms with Gasteiger partial charge in [-0.2, -0.15) is 23.5 Å². The lowest BCUT2D eigenvalue weighted by Crippen LogP contribution is -2.19. The van der Waals surface area contributed by atoms with E-state index in [9.17, 15) is 0 Å². The van der Waals surface area contributed by atoms with Gasteiger partial charge in [-0.15, -0.1) is 11.8 Å². The van der Waals surface area contributed by atoms with E-state index >= 15 is 0 Å². The maximum absolute atomic E-state index is 2.07. The number of thioether (sulfide) groups is 3. The second-order valence-corrected chi connectivity index (χ2v) is 16.1. The minimum Gasteiger partial charge on any atom is -0.160 e. The SMILES string of the molecule is C(SCSSSC1CSC1)SSSC1CSC1. The second kappa shape index (κ2) is 10.8. The Kier molecular flexibility index (Phi) is 10.5. The van der Waals surface area contributed by atoms with Crippen LogP contribution in [0.25, 0.3) is 0 Å². The van der Waals surface area contributed by atoms with E-state index in [1.165, 1.54) is 33.2 Å². The topological polar surface area (TPSA) is 0 Å². The monoisotopic (exact) mass is 398 g/mol. The van der Waals surface area contributed by atoms with Crippen LogP contribution in [0.5, 0.6) is 0 Å². The predicted molar refractivity (Wildman–Crippen MR) is 105 cm³/mol. The first-order chi connectivity index (χ1) is 8.45. The summed E-state index contributed by atoms with van der Waals surface area (Å²) in [5, 5.41) is 4.33. The second-order valence-electron chi connectivity index (χ2n) is 3.32. The van der Waals surface area contributed by atoms with Gasteiger partial charge in [-0.05, 0) is 19.7 Å². The third-order valence-corrected chi connectivity index (χ3v) is 16.5. The third-order valence-electron chi connectivity index (χ3n) is 1.92. The summed E-state index contributed by atoms with van der Waals surface area (Å²) in [6, 6.07) is 0. The van der Waals surface area contributed by atoms with Crippen LogP contribution in [-0.2, 0) is 0 Å². The Balaban J connectivity index is 1.25. The van der Waals surface area contributed by atoms with Crippen LogP contribution >= 0.6 is 98.1 Å². The first-order valence-electron chi connectivity index (χ1n) is 5.08. The average Bonchev–Trinajstić information content (AvgIpc) is 2.21. The highest BCUT2D eigenvalue weighted by molar-refractivity contribution is 9.11. The molecule has 0 unspecified atom stereocenters. The van der Waals surface area contributed by atoms with Gasteiger partial charge in [-0.3, -0.25) is 0 Å². The van der Waals surface area contributed by atoms with E-state index in [0.29, 0.717) is 0 Å². The zero-order valence-corrected chi connectivity index (χ0v) is 16.4. The molecule has 17 heavy (non-hydrogen) atoms. The maximum atomic E-state index is 2.07. The summed E-state index contributed by atoms with van der Waals surface area (Å²) < 4.78 is 0. The third kappa shape index (κ3) is 7.64. The van der Waals surface area contributed by atoms with Crippen molar-refractivity contribution in [1.29, 1.82) is 0 Å². The molecule has 9 heteroatoms. The van der Waals surface area contributed by atoms with Gasteiger partial charge in [0.15, 0.2) is 0 Å². The van der Waals surface area contributed by atoms with Crippen LogP contribution in [0.4, 0.5) is 0 Å². The molecule has 0 aromatic rings. The van der Waals surface area contributed by atoms with E-state index in [1.54, 1.807) is 0 Å². The standard InChI is InChI=1S/C8H14S9/c1-7(2-9-1)14-16-12-5-11-6-13-17-15-8-3-10-4-8/h7-8H,1-6H2. The zero-order valence-electron chi connectivity index (χ0n) is 9.07. The Morgan fingerprint density at radius 3 is 1.59 bits per heavy atom. The van der Waals surface area contributed by atoms with Gasteiger partial charge in [-0.25, -0.2) is 0 Å². The van der Waals surface area contributed by atoms with Gasteiger partial charge in [0.1, 0.15) is 0 Å². The van der Waals surface area contributed by atoms with Crippen LogP contribution in [0.15, 0.2) is 0 Å². The molecule has 0 radical (unpaired) electrons. The highest BCUT2D eigenvalue weighted by atomic mass is 33.5. The van der Waals surface area contributed by atoms with Gasteiger partial charge in [0.05, 0.1) is 10.2 Å². The number of hydrogen-bond donors (Lipinski definition) is 0. The van der Waals surface area contributed by atoms with E-state index < -0.39 is 0 Å². The van der Waals surface area contributed by atoms with E-state index in [2.05, 4.69) is 56.9 Å². The molecule has 2 aliphatic rings. The Bertz CT molecular complexity index is 173. The van der Waals surface area contributed by atoms with Gasteiger partial charge in [-0.1, -0.05) is 43.2 Å². The molecule has 2 fully saturated rings. The van der Waals surface area contributed by atoms with Crippen LogP contribution in [-0.4, -0.2) is 43.7 Å². The van der Waals surface area contributed by atoms with E-state index in [1.807, 2.05) is 41.2 Å². The molecular formula is C8H14S9. The van der Waals surface area contributed by atoms with Crippen molar-refractivity contribution in [2.24, 2.45) is 0 Å². The van der Waals surface area contributed by atoms with Crippen LogP contribution in [0.2, 0.25) is 0 Å². The Morgan fingerprint density at radius 1 is 0.765 bits per heavy atom. The van der Waals surface area contributed by atoms with Gasteiger partial charge in [0.25, 0.3) is 0 Å². The molecule has 2 rings (SSSR count). The average molecular weight is 399 g/mol. The lowest BCUT2D eigenvalue weighted by Gasteiger charge is -2.22. The van der Waals surface area contributed by atoms with E-state index in [-0.39, 0.29) is 0 Å². The fourth-order valence-electron chi connectivity index (χ4n) is 0.847. The molecule has 2 heterocycles. The highest BCUT2D eigenvalue weighted by Crippen LogP contribution is 2.46. The molecular weight excluding hydrogens is 385 g/mol. The van der Waals surface area contributed by atoms with Crippen molar-refractivity contribution < 1.29 is 0 Å². The zero-order chi connectivity index (χ0) is 11.8. The highest BCUT2D eigenvalue weighted by Gasteiger charge is 2.19. The summed E-state index contributed by atoms with van der Waals surface area (Å²) in [6.07, 6.45) is 0. The molecule has 0 bridgehead atoms. The lowest BCUT2D eigenvalue weighted by atomic mass is 10.5. The molecule has 2 aliphatic heterocycles. The Labute approximate surface area is 140 Å². The van der Waals surface area contributed by atoms with Gasteiger partial charge < -0.3 is 0 Å². The summed E-state index contributed by atoms with van der Waals surface area (Å²) >= 11 is 6.20. The molecule has 0 amide bonds. The summed E-state index contributed by atoms with van der Waals surface area (Å²) in [5.74, 6) is 5.48. The first kappa shape index (κ1) is 16.5. The van der Waals surface area contributed by atoms with Crippen molar-refractivity contribution in [2.45, 2.75) is 10.5 Å². The van der Waals surface area contributed by atoms with Crippen molar-refractivity contribution in [3.63, 3.8) is 0 Å². The largest absolute Gasteiger partial charge is 0.160 e. The van der Waals surface area contributed by atoms with Crippen molar-refractivity contribution in [3.8, 4) is 0 Å². The van der Waals surface area contributed by atoms with E-state index in [4.69, 9.17) is 0 Å². The van der Waals surface area contributed by atoms with Crippen molar-refractivity contribution in [2.75, 3.05) is 33.2 Å². The van der Waals surface area contributed by atoms with Gasteiger partial charge >= 0.3 is 0 Å². The lowest BCUT2D eigenvalue weighted by molar-refractivity contribution is 1.09. The number of hydrogen-bond acceptors (Lipinski definition) is 9. The Hall–Kier alpha value is 3.15. The Morgan fingerprint density at radius 2 is 1.24 bits per heavy atom. The van der Waals surface area contributed by atoms with Crippen LogP contribution in [0.1, 0.15) is 0 Å². The summed E-state index contributed by atoms with van der Waals surface area (Å²) in [5.41, 5.74) is 0. The fourth-order valence-corrected chi connectivity index (χ4v) is 15.9. The normalized spacial score (nSPS) is 21.2. The molecule has 100 valence electrons. The quantitative estimate of drug-likeness (QED) is 0.247. The molecule has 0 nitrogen and oxygen atoms in total. The van der Waals surface area contributed by atoms with Crippen LogP contribution in [0, 0.1) is 0 Å². The molecule has 0 saturated carbocycles. The smallest absolute Gasteiger partial charge is 0.0512 e. The fraction of sp³-hybridized carbons (Fsp3) is 1.00. The summed E-state index contributed by atoms with van der Waals surface area (Å²) in [7, 11) is 12.2. The molecule has 0 aliphatic carbocycles. The van der Waals surface area contributed by atoms with Crippen molar-refractivity contribution in [3.05, 3.63) is 0 Å². The van der Waals surface area contributed by atoms with Crippen molar-refractivity contribution in [1.82, 2.24) is 0 Å². The molecule has 0 atom stereocenters. The molecule has 0 aromatic heterocycles. The predicted octanol–water partition coefficient (Wildman–Crippen LogP) is 5.92. The number of rotatable bonds is 10. The maximum Gasteiger partial charge on any atom is 0.0512 e. The summed E-state index contributed by atoms with van der Waals surface area (Å²) in [4.78, 5) is 0. The minimum atomic E-state index is 0.934.